The van der Waals surface area contributed by atoms with E-state index >= 15 is 0 Å². The number of hydrogen-bond donors (Lipinski definition) is 1. The first kappa shape index (κ1) is 15.4. The molecule has 1 saturated carbocycles. The number of likely N-dealkylation sites (tertiary alicyclic amines) is 1. The van der Waals surface area contributed by atoms with Crippen LogP contribution in [0.15, 0.2) is 0 Å². The number of likely N-dealkylation sites (N-methyl/N-ethyl adjacent to an activating group) is 1. The van der Waals surface area contributed by atoms with Crippen LogP contribution in [-0.4, -0.2) is 48.7 Å². The Hall–Kier alpha value is -1.04. The molecular formula is C14H22F2N2O2. The van der Waals surface area contributed by atoms with Crippen molar-refractivity contribution >= 4 is 12.2 Å². The Morgan fingerprint density at radius 2 is 2.00 bits per heavy atom. The fourth-order valence-corrected chi connectivity index (χ4v) is 3.29. The van der Waals surface area contributed by atoms with E-state index in [9.17, 15) is 18.4 Å². The summed E-state index contributed by atoms with van der Waals surface area (Å²) in [6, 6.07) is -1.37. The van der Waals surface area contributed by atoms with Gasteiger partial charge in [0.15, 0.2) is 0 Å². The van der Waals surface area contributed by atoms with Gasteiger partial charge in [-0.2, -0.15) is 0 Å². The molecule has 2 atom stereocenters. The molecule has 1 saturated heterocycles. The Bertz CT molecular complexity index is 370. The third-order valence-electron chi connectivity index (χ3n) is 4.42. The summed E-state index contributed by atoms with van der Waals surface area (Å²) in [5.41, 5.74) is 0. The molecule has 114 valence electrons. The number of carbonyl (C=O) groups excluding carboxylic acids is 2. The zero-order valence-electron chi connectivity index (χ0n) is 11.8. The molecule has 0 aromatic carbocycles. The van der Waals surface area contributed by atoms with Crippen LogP contribution in [0, 0.1) is 5.92 Å². The molecule has 1 aliphatic carbocycles. The molecule has 0 spiro atoms. The first-order valence-electron chi connectivity index (χ1n) is 7.27. The maximum absolute atomic E-state index is 13.3. The van der Waals surface area contributed by atoms with Crippen molar-refractivity contribution < 1.29 is 18.4 Å². The van der Waals surface area contributed by atoms with Crippen LogP contribution in [0.2, 0.25) is 0 Å². The molecule has 0 radical (unpaired) electrons. The standard InChI is InChI=1S/C14H22F2N2O2/c1-18-9-14(15,16)7-12(18)13(20)17-11(8-19)10-5-3-2-4-6-10/h8,10-12H,2-7,9H2,1H3,(H,17,20)/t11-,12+/m1/s1. The van der Waals surface area contributed by atoms with Gasteiger partial charge >= 0.3 is 0 Å². The number of amides is 1. The highest BCUT2D eigenvalue weighted by Gasteiger charge is 2.46. The summed E-state index contributed by atoms with van der Waals surface area (Å²) in [5, 5.41) is 2.66. The first-order chi connectivity index (χ1) is 9.43. The number of rotatable bonds is 4. The molecule has 2 aliphatic rings. The average Bonchev–Trinajstić information content (AvgIpc) is 2.70. The predicted molar refractivity (Wildman–Crippen MR) is 70.6 cm³/mol. The molecule has 20 heavy (non-hydrogen) atoms. The van der Waals surface area contributed by atoms with Gasteiger partial charge in [0, 0.05) is 6.42 Å². The molecule has 1 heterocycles. The monoisotopic (exact) mass is 288 g/mol. The van der Waals surface area contributed by atoms with Gasteiger partial charge in [-0.25, -0.2) is 8.78 Å². The average molecular weight is 288 g/mol. The second-order valence-electron chi connectivity index (χ2n) is 6.06. The molecule has 0 unspecified atom stereocenters. The summed E-state index contributed by atoms with van der Waals surface area (Å²) in [6.45, 7) is -0.403. The number of carbonyl (C=O) groups is 2. The third-order valence-corrected chi connectivity index (χ3v) is 4.42. The minimum atomic E-state index is -2.82. The van der Waals surface area contributed by atoms with Crippen molar-refractivity contribution in [3.8, 4) is 0 Å². The van der Waals surface area contributed by atoms with Gasteiger partial charge in [0.1, 0.15) is 6.29 Å². The maximum atomic E-state index is 13.3. The van der Waals surface area contributed by atoms with E-state index in [1.165, 1.54) is 11.9 Å². The molecular weight excluding hydrogens is 266 g/mol. The van der Waals surface area contributed by atoms with Crippen molar-refractivity contribution in [2.45, 2.75) is 56.5 Å². The van der Waals surface area contributed by atoms with Crippen LogP contribution < -0.4 is 5.32 Å². The highest BCUT2D eigenvalue weighted by molar-refractivity contribution is 5.85. The summed E-state index contributed by atoms with van der Waals surface area (Å²) in [6.07, 6.45) is 5.40. The van der Waals surface area contributed by atoms with Gasteiger partial charge in [0.2, 0.25) is 5.91 Å². The van der Waals surface area contributed by atoms with Crippen LogP contribution >= 0.6 is 0 Å². The minimum absolute atomic E-state index is 0.150. The van der Waals surface area contributed by atoms with Crippen LogP contribution in [0.3, 0.4) is 0 Å². The minimum Gasteiger partial charge on any atom is -0.345 e. The predicted octanol–water partition coefficient (Wildman–Crippen LogP) is 1.59. The molecule has 1 aliphatic heterocycles. The second kappa shape index (κ2) is 6.16. The molecule has 2 rings (SSSR count). The number of halogens is 2. The van der Waals surface area contributed by atoms with Gasteiger partial charge in [-0.3, -0.25) is 9.69 Å². The quantitative estimate of drug-likeness (QED) is 0.799. The lowest BCUT2D eigenvalue weighted by Crippen LogP contribution is -2.49. The number of hydrogen-bond acceptors (Lipinski definition) is 3. The van der Waals surface area contributed by atoms with Crippen molar-refractivity contribution in [3.63, 3.8) is 0 Å². The van der Waals surface area contributed by atoms with E-state index in [2.05, 4.69) is 5.32 Å². The molecule has 0 aromatic heterocycles. The van der Waals surface area contributed by atoms with E-state index in [-0.39, 0.29) is 5.92 Å². The number of alkyl halides is 2. The summed E-state index contributed by atoms with van der Waals surface area (Å²) >= 11 is 0. The van der Waals surface area contributed by atoms with E-state index < -0.39 is 36.9 Å². The normalized spacial score (nSPS) is 29.1. The van der Waals surface area contributed by atoms with Gasteiger partial charge in [-0.05, 0) is 25.8 Å². The summed E-state index contributed by atoms with van der Waals surface area (Å²) < 4.78 is 26.6. The van der Waals surface area contributed by atoms with Crippen LogP contribution in [-0.2, 0) is 9.59 Å². The highest BCUT2D eigenvalue weighted by Crippen LogP contribution is 2.31. The van der Waals surface area contributed by atoms with E-state index in [1.807, 2.05) is 0 Å². The molecule has 2 fully saturated rings. The maximum Gasteiger partial charge on any atom is 0.262 e. The lowest BCUT2D eigenvalue weighted by Gasteiger charge is -2.28. The summed E-state index contributed by atoms with van der Waals surface area (Å²) in [4.78, 5) is 24.7. The summed E-state index contributed by atoms with van der Waals surface area (Å²) in [5.74, 6) is -3.12. The van der Waals surface area contributed by atoms with Gasteiger partial charge in [-0.1, -0.05) is 19.3 Å². The van der Waals surface area contributed by atoms with Gasteiger partial charge in [0.25, 0.3) is 5.92 Å². The zero-order valence-corrected chi connectivity index (χ0v) is 11.8. The molecule has 0 bridgehead atoms. The highest BCUT2D eigenvalue weighted by atomic mass is 19.3. The van der Waals surface area contributed by atoms with Gasteiger partial charge in [0.05, 0.1) is 18.6 Å². The lowest BCUT2D eigenvalue weighted by molar-refractivity contribution is -0.128. The van der Waals surface area contributed by atoms with Crippen LogP contribution in [0.1, 0.15) is 38.5 Å². The Kier molecular flexibility index (Phi) is 4.73. The smallest absolute Gasteiger partial charge is 0.262 e. The Balaban J connectivity index is 1.93. The number of nitrogens with zero attached hydrogens (tertiary/aromatic N) is 1. The van der Waals surface area contributed by atoms with Crippen LogP contribution in [0.5, 0.6) is 0 Å². The van der Waals surface area contributed by atoms with Crippen LogP contribution in [0.4, 0.5) is 8.78 Å². The molecule has 1 N–H and O–H groups in total. The van der Waals surface area contributed by atoms with Crippen molar-refractivity contribution in [2.75, 3.05) is 13.6 Å². The molecule has 0 aromatic rings. The largest absolute Gasteiger partial charge is 0.345 e. The van der Waals surface area contributed by atoms with E-state index in [1.54, 1.807) is 0 Å². The van der Waals surface area contributed by atoms with Gasteiger partial charge in [-0.15, -0.1) is 0 Å². The summed E-state index contributed by atoms with van der Waals surface area (Å²) in [7, 11) is 1.52. The van der Waals surface area contributed by atoms with E-state index in [0.717, 1.165) is 38.4 Å². The van der Waals surface area contributed by atoms with Crippen molar-refractivity contribution in [2.24, 2.45) is 5.92 Å². The molecule has 6 heteroatoms. The molecule has 1 amide bonds. The fraction of sp³-hybridized carbons (Fsp3) is 0.857. The van der Waals surface area contributed by atoms with E-state index in [4.69, 9.17) is 0 Å². The first-order valence-corrected chi connectivity index (χ1v) is 7.27. The second-order valence-corrected chi connectivity index (χ2v) is 6.06. The topological polar surface area (TPSA) is 49.4 Å². The fourth-order valence-electron chi connectivity index (χ4n) is 3.29. The Morgan fingerprint density at radius 1 is 1.35 bits per heavy atom. The van der Waals surface area contributed by atoms with E-state index in [0.29, 0.717) is 0 Å². The lowest BCUT2D eigenvalue weighted by atomic mass is 9.84. The van der Waals surface area contributed by atoms with Crippen molar-refractivity contribution in [1.29, 1.82) is 0 Å². The Labute approximate surface area is 117 Å². The third kappa shape index (κ3) is 3.53. The van der Waals surface area contributed by atoms with Crippen molar-refractivity contribution in [3.05, 3.63) is 0 Å². The number of aldehydes is 1. The SMILES string of the molecule is CN1CC(F)(F)C[C@H]1C(=O)N[C@H](C=O)C1CCCCC1. The van der Waals surface area contributed by atoms with Crippen molar-refractivity contribution in [1.82, 2.24) is 10.2 Å². The Morgan fingerprint density at radius 3 is 2.50 bits per heavy atom. The zero-order chi connectivity index (χ0) is 14.8. The molecule has 4 nitrogen and oxygen atoms in total. The van der Waals surface area contributed by atoms with Crippen LogP contribution in [0.25, 0.3) is 0 Å². The number of nitrogens with one attached hydrogen (secondary N) is 1. The van der Waals surface area contributed by atoms with Gasteiger partial charge < -0.3 is 10.1 Å².